The molecule has 5 nitrogen and oxygen atoms in total. The Morgan fingerprint density at radius 2 is 1.95 bits per heavy atom. The molecule has 0 saturated heterocycles. The van der Waals surface area contributed by atoms with Crippen LogP contribution in [0.1, 0.15) is 29.2 Å². The van der Waals surface area contributed by atoms with E-state index >= 15 is 0 Å². The van der Waals surface area contributed by atoms with E-state index in [1.165, 1.54) is 17.6 Å². The molecule has 0 spiro atoms. The van der Waals surface area contributed by atoms with Crippen LogP contribution in [0.25, 0.3) is 0 Å². The van der Waals surface area contributed by atoms with Gasteiger partial charge in [0.25, 0.3) is 0 Å². The van der Waals surface area contributed by atoms with Crippen molar-refractivity contribution in [1.29, 1.82) is 0 Å². The molecule has 1 heterocycles. The SMILES string of the molecule is Cc1nc(CC(=O)N[C@H](C)c2ccc(S(C)(=O)=O)cc2)cs1. The van der Waals surface area contributed by atoms with Crippen LogP contribution in [0.2, 0.25) is 0 Å². The second-order valence-corrected chi connectivity index (χ2v) is 8.24. The summed E-state index contributed by atoms with van der Waals surface area (Å²) < 4.78 is 22.8. The minimum atomic E-state index is -3.20. The molecular weight excluding hydrogens is 320 g/mol. The van der Waals surface area contributed by atoms with Crippen LogP contribution in [-0.2, 0) is 21.1 Å². The van der Waals surface area contributed by atoms with Gasteiger partial charge in [-0.3, -0.25) is 4.79 Å². The molecule has 0 aliphatic carbocycles. The van der Waals surface area contributed by atoms with Crippen molar-refractivity contribution in [2.75, 3.05) is 6.26 Å². The smallest absolute Gasteiger partial charge is 0.226 e. The fourth-order valence-corrected chi connectivity index (χ4v) is 3.28. The third-order valence-electron chi connectivity index (χ3n) is 3.19. The Kier molecular flexibility index (Phi) is 4.97. The fraction of sp³-hybridized carbons (Fsp3) is 0.333. The third kappa shape index (κ3) is 4.38. The van der Waals surface area contributed by atoms with Crippen molar-refractivity contribution in [2.24, 2.45) is 0 Å². The summed E-state index contributed by atoms with van der Waals surface area (Å²) in [6.45, 7) is 3.76. The van der Waals surface area contributed by atoms with Gasteiger partial charge in [-0.2, -0.15) is 0 Å². The summed E-state index contributed by atoms with van der Waals surface area (Å²) in [6, 6.07) is 6.34. The van der Waals surface area contributed by atoms with Gasteiger partial charge in [0.1, 0.15) is 0 Å². The molecule has 1 N–H and O–H groups in total. The summed E-state index contributed by atoms with van der Waals surface area (Å²) in [5.41, 5.74) is 1.62. The van der Waals surface area contributed by atoms with Crippen LogP contribution in [0.4, 0.5) is 0 Å². The lowest BCUT2D eigenvalue weighted by Crippen LogP contribution is -2.28. The molecule has 0 radical (unpaired) electrons. The molecule has 1 aromatic heterocycles. The van der Waals surface area contributed by atoms with Gasteiger partial charge in [-0.25, -0.2) is 13.4 Å². The van der Waals surface area contributed by atoms with E-state index < -0.39 is 9.84 Å². The number of thiazole rings is 1. The van der Waals surface area contributed by atoms with E-state index in [0.29, 0.717) is 0 Å². The van der Waals surface area contributed by atoms with Crippen molar-refractivity contribution in [3.8, 4) is 0 Å². The second-order valence-electron chi connectivity index (χ2n) is 5.17. The van der Waals surface area contributed by atoms with Crippen LogP contribution in [0.3, 0.4) is 0 Å². The standard InChI is InChI=1S/C15H18N2O3S2/c1-10(12-4-6-14(7-5-12)22(3,19)20)16-15(18)8-13-9-21-11(2)17-13/h4-7,9-10H,8H2,1-3H3,(H,16,18)/t10-/m1/s1. The number of aromatic nitrogens is 1. The van der Waals surface area contributed by atoms with Gasteiger partial charge >= 0.3 is 0 Å². The van der Waals surface area contributed by atoms with Crippen LogP contribution in [0.15, 0.2) is 34.5 Å². The lowest BCUT2D eigenvalue weighted by molar-refractivity contribution is -0.121. The summed E-state index contributed by atoms with van der Waals surface area (Å²) in [5.74, 6) is -0.106. The van der Waals surface area contributed by atoms with Gasteiger partial charge in [-0.1, -0.05) is 12.1 Å². The van der Waals surface area contributed by atoms with Gasteiger partial charge in [0.2, 0.25) is 5.91 Å². The predicted octanol–water partition coefficient (Wildman–Crippen LogP) is 2.27. The molecule has 1 atom stereocenters. The molecule has 0 aliphatic rings. The molecule has 1 aromatic carbocycles. The van der Waals surface area contributed by atoms with E-state index in [1.54, 1.807) is 24.3 Å². The molecule has 0 unspecified atom stereocenters. The lowest BCUT2D eigenvalue weighted by atomic mass is 10.1. The minimum Gasteiger partial charge on any atom is -0.349 e. The minimum absolute atomic E-state index is 0.106. The van der Waals surface area contributed by atoms with Crippen LogP contribution >= 0.6 is 11.3 Å². The first-order valence-electron chi connectivity index (χ1n) is 6.76. The Balaban J connectivity index is 1.99. The quantitative estimate of drug-likeness (QED) is 0.907. The number of carbonyl (C=O) groups excluding carboxylic acids is 1. The summed E-state index contributed by atoms with van der Waals surface area (Å²) in [4.78, 5) is 16.5. The molecule has 0 saturated carbocycles. The fourth-order valence-electron chi connectivity index (χ4n) is 2.03. The van der Waals surface area contributed by atoms with Crippen molar-refractivity contribution in [3.05, 3.63) is 45.9 Å². The number of rotatable bonds is 5. The molecule has 118 valence electrons. The number of nitrogens with one attached hydrogen (secondary N) is 1. The van der Waals surface area contributed by atoms with Crippen LogP contribution < -0.4 is 5.32 Å². The number of nitrogens with zero attached hydrogens (tertiary/aromatic N) is 1. The topological polar surface area (TPSA) is 76.1 Å². The first-order chi connectivity index (χ1) is 10.3. The highest BCUT2D eigenvalue weighted by molar-refractivity contribution is 7.90. The highest BCUT2D eigenvalue weighted by Gasteiger charge is 2.13. The second kappa shape index (κ2) is 6.58. The van der Waals surface area contributed by atoms with Gasteiger partial charge in [-0.15, -0.1) is 11.3 Å². The molecule has 22 heavy (non-hydrogen) atoms. The number of sulfone groups is 1. The number of hydrogen-bond donors (Lipinski definition) is 1. The molecule has 1 amide bonds. The lowest BCUT2D eigenvalue weighted by Gasteiger charge is -2.14. The molecule has 0 bridgehead atoms. The van der Waals surface area contributed by atoms with Crippen LogP contribution in [0, 0.1) is 6.92 Å². The van der Waals surface area contributed by atoms with Gasteiger partial charge in [0.05, 0.1) is 28.1 Å². The summed E-state index contributed by atoms with van der Waals surface area (Å²) in [7, 11) is -3.20. The van der Waals surface area contributed by atoms with Gasteiger partial charge in [0, 0.05) is 11.6 Å². The average Bonchev–Trinajstić information content (AvgIpc) is 2.83. The van der Waals surface area contributed by atoms with E-state index in [2.05, 4.69) is 10.3 Å². The summed E-state index contributed by atoms with van der Waals surface area (Å²) in [5, 5.41) is 5.70. The number of carbonyl (C=O) groups is 1. The maximum Gasteiger partial charge on any atom is 0.226 e. The molecule has 0 fully saturated rings. The Hall–Kier alpha value is -1.73. The molecule has 2 aromatic rings. The van der Waals surface area contributed by atoms with Crippen molar-refractivity contribution >= 4 is 27.1 Å². The maximum atomic E-state index is 12.0. The number of hydrogen-bond acceptors (Lipinski definition) is 5. The molecule has 7 heteroatoms. The highest BCUT2D eigenvalue weighted by atomic mass is 32.2. The Morgan fingerprint density at radius 3 is 2.45 bits per heavy atom. The van der Waals surface area contributed by atoms with Crippen molar-refractivity contribution in [3.63, 3.8) is 0 Å². The zero-order valence-electron chi connectivity index (χ0n) is 12.7. The number of benzene rings is 1. The van der Waals surface area contributed by atoms with E-state index in [4.69, 9.17) is 0 Å². The monoisotopic (exact) mass is 338 g/mol. The van der Waals surface area contributed by atoms with Gasteiger partial charge in [-0.05, 0) is 31.5 Å². The maximum absolute atomic E-state index is 12.0. The molecular formula is C15H18N2O3S2. The average molecular weight is 338 g/mol. The number of aryl methyl sites for hydroxylation is 1. The number of amides is 1. The Labute approximate surface area is 134 Å². The first kappa shape index (κ1) is 16.6. The third-order valence-corrected chi connectivity index (χ3v) is 5.14. The van der Waals surface area contributed by atoms with Crippen molar-refractivity contribution in [2.45, 2.75) is 31.2 Å². The van der Waals surface area contributed by atoms with E-state index in [1.807, 2.05) is 19.2 Å². The van der Waals surface area contributed by atoms with Crippen molar-refractivity contribution in [1.82, 2.24) is 10.3 Å². The summed E-state index contributed by atoms with van der Waals surface area (Å²) in [6.07, 6.45) is 1.42. The van der Waals surface area contributed by atoms with E-state index in [-0.39, 0.29) is 23.3 Å². The van der Waals surface area contributed by atoms with Crippen molar-refractivity contribution < 1.29 is 13.2 Å². The van der Waals surface area contributed by atoms with Gasteiger partial charge in [0.15, 0.2) is 9.84 Å². The Morgan fingerprint density at radius 1 is 1.32 bits per heavy atom. The zero-order valence-corrected chi connectivity index (χ0v) is 14.3. The highest BCUT2D eigenvalue weighted by Crippen LogP contribution is 2.16. The largest absolute Gasteiger partial charge is 0.349 e. The molecule has 2 rings (SSSR count). The summed E-state index contributed by atoms with van der Waals surface area (Å²) >= 11 is 1.52. The Bertz CT molecular complexity index is 764. The first-order valence-corrected chi connectivity index (χ1v) is 9.53. The molecule has 0 aliphatic heterocycles. The van der Waals surface area contributed by atoms with Crippen LogP contribution in [-0.4, -0.2) is 25.6 Å². The normalized spacial score (nSPS) is 12.9. The van der Waals surface area contributed by atoms with E-state index in [9.17, 15) is 13.2 Å². The van der Waals surface area contributed by atoms with Gasteiger partial charge < -0.3 is 5.32 Å². The van der Waals surface area contributed by atoms with Crippen LogP contribution in [0.5, 0.6) is 0 Å². The van der Waals surface area contributed by atoms with E-state index in [0.717, 1.165) is 16.3 Å². The zero-order chi connectivity index (χ0) is 16.3. The predicted molar refractivity (Wildman–Crippen MR) is 86.7 cm³/mol.